The van der Waals surface area contributed by atoms with E-state index >= 15 is 0 Å². The second-order valence-electron chi connectivity index (χ2n) is 11.4. The average Bonchev–Trinajstić information content (AvgIpc) is 3.72. The van der Waals surface area contributed by atoms with Crippen LogP contribution < -0.4 is 22.1 Å². The zero-order chi connectivity index (χ0) is 32.7. The van der Waals surface area contributed by atoms with Crippen LogP contribution in [0.5, 0.6) is 0 Å². The number of hydrogen-bond acceptors (Lipinski definition) is 19. The summed E-state index contributed by atoms with van der Waals surface area (Å²) in [5.74, 6) is -2.70. The normalized spacial score (nSPS) is 48.7. The number of nitrogens with two attached hydrogens (primary N) is 2. The number of guanidine groups is 2. The largest absolute Gasteiger partial charge is 0.472 e. The first-order valence-electron chi connectivity index (χ1n) is 13.9. The quantitative estimate of drug-likeness (QED) is 0.125. The first kappa shape index (κ1) is 31.5. The molecule has 0 saturated carbocycles. The van der Waals surface area contributed by atoms with Crippen LogP contribution in [0.1, 0.15) is 0 Å². The molecule has 0 aliphatic carbocycles. The van der Waals surface area contributed by atoms with E-state index in [-0.39, 0.29) is 11.9 Å². The maximum atomic E-state index is 13.3. The lowest BCUT2D eigenvalue weighted by molar-refractivity contribution is -0.125. The Labute approximate surface area is 258 Å². The third kappa shape index (κ3) is 5.50. The third-order valence-corrected chi connectivity index (χ3v) is 10.9. The van der Waals surface area contributed by atoms with Gasteiger partial charge in [0.1, 0.15) is 24.4 Å². The molecule has 0 radical (unpaired) electrons. The topological polar surface area (TPSA) is 327 Å². The zero-order valence-corrected chi connectivity index (χ0v) is 25.2. The number of ether oxygens (including phenoxy) is 2. The summed E-state index contributed by atoms with van der Waals surface area (Å²) in [5, 5.41) is 27.1. The van der Waals surface area contributed by atoms with Crippen LogP contribution in [0.3, 0.4) is 0 Å². The van der Waals surface area contributed by atoms with Gasteiger partial charge in [-0.25, -0.2) is 14.5 Å². The molecule has 25 heteroatoms. The van der Waals surface area contributed by atoms with Crippen molar-refractivity contribution in [3.05, 3.63) is 0 Å². The maximum absolute atomic E-state index is 13.3. The Morgan fingerprint density at radius 2 is 1.35 bits per heavy atom. The molecule has 7 aliphatic rings. The molecule has 0 spiro atoms. The lowest BCUT2D eigenvalue weighted by Gasteiger charge is -2.33. The molecule has 7 heterocycles. The summed E-state index contributed by atoms with van der Waals surface area (Å²) in [5.41, 5.74) is 11.4. The summed E-state index contributed by atoms with van der Waals surface area (Å²) < 4.78 is 54.1. The van der Waals surface area contributed by atoms with E-state index in [1.807, 2.05) is 0 Å². The summed E-state index contributed by atoms with van der Waals surface area (Å²) >= 11 is 0. The molecule has 0 aromatic heterocycles. The van der Waals surface area contributed by atoms with Crippen LogP contribution in [0, 0.1) is 5.92 Å². The van der Waals surface area contributed by atoms with Gasteiger partial charge in [0, 0.05) is 5.92 Å². The minimum absolute atomic E-state index is 0.189. The van der Waals surface area contributed by atoms with E-state index in [0.29, 0.717) is 0 Å². The molecule has 7 aliphatic heterocycles. The van der Waals surface area contributed by atoms with Crippen LogP contribution in [0.15, 0.2) is 20.0 Å². The number of hydrogen-bond donors (Lipinski definition) is 8. The van der Waals surface area contributed by atoms with Gasteiger partial charge >= 0.3 is 15.4 Å². The number of nitrogens with zero attached hydrogens (tertiary/aromatic N) is 6. The van der Waals surface area contributed by atoms with E-state index in [1.165, 1.54) is 22.5 Å². The highest BCUT2D eigenvalue weighted by molar-refractivity contribution is 7.52. The van der Waals surface area contributed by atoms with Crippen molar-refractivity contribution in [2.24, 2.45) is 37.4 Å². The Morgan fingerprint density at radius 3 is 1.93 bits per heavy atom. The van der Waals surface area contributed by atoms with Crippen molar-refractivity contribution in [3.63, 3.8) is 0 Å². The Morgan fingerprint density at radius 1 is 0.826 bits per heavy atom. The van der Waals surface area contributed by atoms with E-state index < -0.39 is 120 Å². The first-order chi connectivity index (χ1) is 21.7. The van der Waals surface area contributed by atoms with Crippen molar-refractivity contribution in [3.8, 4) is 0 Å². The van der Waals surface area contributed by atoms with Crippen molar-refractivity contribution < 1.29 is 61.8 Å². The van der Waals surface area contributed by atoms with Crippen molar-refractivity contribution in [1.82, 2.24) is 20.4 Å². The number of carbonyl (C=O) groups excluding carboxylic acids is 2. The molecule has 0 aromatic carbocycles. The monoisotopic (exact) mass is 692 g/mol. The van der Waals surface area contributed by atoms with Crippen LogP contribution in [-0.4, -0.2) is 153 Å². The molecular weight excluding hydrogens is 662 g/mol. The molecule has 10 N–H and O–H groups in total. The van der Waals surface area contributed by atoms with Gasteiger partial charge in [0.2, 0.25) is 0 Å². The second kappa shape index (κ2) is 11.3. The lowest BCUT2D eigenvalue weighted by atomic mass is 10.00. The molecule has 2 amide bonds. The predicted octanol–water partition coefficient (Wildman–Crippen LogP) is -5.54. The number of rotatable bonds is 2. The minimum Gasteiger partial charge on any atom is -0.388 e. The average molecular weight is 692 g/mol. The molecule has 3 saturated heterocycles. The standard InChI is InChI=1S/C21H30N10O13P2/c22-20-26-14-9(16(34)28-20)24-4-30(14)18-11(32)6-3-45(36,37)40-2-8-13(44-46(38,39)41-1-7(6)42-18)12(33)19(43-8)31-5-25-10-15(31)27-21(23)29-17(10)35/h4-15,18-19,32-33H,1-3H2,(H,36,37)(H,38,39)(H3,22,26,28,34)(H3,23,27,29,35)/t6-,7-,8-,9?,10?,11-,12-,13-,14?,15?,18-,19-/m1/s1. The molecular formula is C21H30N10O13P2. The van der Waals surface area contributed by atoms with E-state index in [0.717, 1.165) is 0 Å². The van der Waals surface area contributed by atoms with Crippen molar-refractivity contribution in [2.75, 3.05) is 19.4 Å². The summed E-state index contributed by atoms with van der Waals surface area (Å²) in [4.78, 5) is 65.1. The Kier molecular flexibility index (Phi) is 7.72. The number of amides is 2. The fourth-order valence-corrected chi connectivity index (χ4v) is 8.73. The zero-order valence-electron chi connectivity index (χ0n) is 23.4. The van der Waals surface area contributed by atoms with Crippen LogP contribution in [0.25, 0.3) is 0 Å². The van der Waals surface area contributed by atoms with Gasteiger partial charge in [-0.15, -0.1) is 0 Å². The molecule has 7 rings (SSSR count). The van der Waals surface area contributed by atoms with Gasteiger partial charge < -0.3 is 55.3 Å². The molecule has 46 heavy (non-hydrogen) atoms. The van der Waals surface area contributed by atoms with Gasteiger partial charge in [-0.2, -0.15) is 0 Å². The summed E-state index contributed by atoms with van der Waals surface area (Å²) in [7, 11) is -9.60. The van der Waals surface area contributed by atoms with Gasteiger partial charge in [0.05, 0.1) is 38.2 Å². The molecule has 6 unspecified atom stereocenters. The highest BCUT2D eigenvalue weighted by Gasteiger charge is 2.57. The summed E-state index contributed by atoms with van der Waals surface area (Å²) in [6.07, 6.45) is -10.6. The molecule has 0 bridgehead atoms. The molecule has 252 valence electrons. The smallest absolute Gasteiger partial charge is 0.388 e. The number of aliphatic imine (C=N–C) groups is 4. The van der Waals surface area contributed by atoms with Gasteiger partial charge in [-0.05, 0) is 0 Å². The fraction of sp³-hybridized carbons (Fsp3) is 0.714. The second-order valence-corrected chi connectivity index (χ2v) is 14.7. The molecule has 23 nitrogen and oxygen atoms in total. The highest BCUT2D eigenvalue weighted by Crippen LogP contribution is 2.53. The molecule has 3 fully saturated rings. The van der Waals surface area contributed by atoms with Gasteiger partial charge in [0.25, 0.3) is 11.8 Å². The van der Waals surface area contributed by atoms with Crippen molar-refractivity contribution >= 4 is 51.8 Å². The van der Waals surface area contributed by atoms with Crippen LogP contribution in [-0.2, 0) is 41.8 Å². The SMILES string of the molecule is NC1=NC2C(N=CN2[C@@H]2O[C@@H]3COP(=O)(O)O[C@H]4[C@@H](O)[C@H](N5C=NC6C(=O)NC(N)=NC65)O[C@@H]4COP(=O)(O)C[C@H]3[C@H]2O)C(=O)N1. The van der Waals surface area contributed by atoms with Crippen LogP contribution in [0.2, 0.25) is 0 Å². The predicted molar refractivity (Wildman–Crippen MR) is 149 cm³/mol. The highest BCUT2D eigenvalue weighted by atomic mass is 31.2. The Balaban J connectivity index is 1.11. The van der Waals surface area contributed by atoms with Crippen LogP contribution in [0.4, 0.5) is 0 Å². The van der Waals surface area contributed by atoms with Gasteiger partial charge in [-0.1, -0.05) is 0 Å². The maximum Gasteiger partial charge on any atom is 0.472 e. The Hall–Kier alpha value is -3.08. The minimum atomic E-state index is -5.02. The van der Waals surface area contributed by atoms with E-state index in [4.69, 9.17) is 34.5 Å². The number of fused-ring (bicyclic) bond motifs is 4. The van der Waals surface area contributed by atoms with Crippen molar-refractivity contribution in [1.29, 1.82) is 0 Å². The van der Waals surface area contributed by atoms with E-state index in [1.54, 1.807) is 0 Å². The first-order valence-corrected chi connectivity index (χ1v) is 17.2. The number of phosphoric ester groups is 1. The van der Waals surface area contributed by atoms with Gasteiger partial charge in [-0.3, -0.25) is 43.8 Å². The Bertz CT molecular complexity index is 1420. The molecule has 14 atom stereocenters. The van der Waals surface area contributed by atoms with E-state index in [2.05, 4.69) is 30.6 Å². The number of aliphatic hydroxyl groups excluding tert-OH is 2. The number of aliphatic hydroxyl groups is 2. The van der Waals surface area contributed by atoms with Gasteiger partial charge in [0.15, 0.2) is 48.8 Å². The third-order valence-electron chi connectivity index (χ3n) is 8.44. The number of nitrogens with one attached hydrogen (secondary N) is 2. The van der Waals surface area contributed by atoms with Crippen molar-refractivity contribution in [2.45, 2.75) is 67.4 Å². The molecule has 0 aromatic rings. The number of phosphoric acid groups is 1. The van der Waals surface area contributed by atoms with Crippen LogP contribution >= 0.6 is 15.4 Å². The van der Waals surface area contributed by atoms with E-state index in [9.17, 15) is 38.7 Å². The summed E-state index contributed by atoms with van der Waals surface area (Å²) in [6.45, 7) is -1.44. The number of carbonyl (C=O) groups is 2. The lowest BCUT2D eigenvalue weighted by Crippen LogP contribution is -2.57. The summed E-state index contributed by atoms with van der Waals surface area (Å²) in [6, 6.07) is -2.03. The fourth-order valence-electron chi connectivity index (χ4n) is 6.30.